The van der Waals surface area contributed by atoms with Crippen LogP contribution >= 0.6 is 0 Å². The van der Waals surface area contributed by atoms with Gasteiger partial charge < -0.3 is 9.53 Å². The molecule has 0 bridgehead atoms. The Labute approximate surface area is 116 Å². The van der Waals surface area contributed by atoms with E-state index < -0.39 is 20.3 Å². The molecule has 110 valence electrons. The molecule has 0 aliphatic heterocycles. The van der Waals surface area contributed by atoms with Gasteiger partial charge in [0.25, 0.3) is 0 Å². The van der Waals surface area contributed by atoms with Gasteiger partial charge in [0.2, 0.25) is 0 Å². The van der Waals surface area contributed by atoms with E-state index in [2.05, 4.69) is 26.7 Å². The number of alkyl halides is 2. The van der Waals surface area contributed by atoms with Crippen LogP contribution in [0.5, 0.6) is 0 Å². The third kappa shape index (κ3) is 5.85. The predicted octanol–water partition coefficient (Wildman–Crippen LogP) is 3.58. The normalized spacial score (nSPS) is 15.2. The van der Waals surface area contributed by atoms with Crippen LogP contribution in [0.25, 0.3) is 0 Å². The van der Waals surface area contributed by atoms with E-state index in [0.29, 0.717) is 0 Å². The summed E-state index contributed by atoms with van der Waals surface area (Å²) in [5.41, 5.74) is 0. The van der Waals surface area contributed by atoms with Crippen molar-refractivity contribution in [3.8, 4) is 11.8 Å². The number of hydrogen-bond acceptors (Lipinski definition) is 2. The Morgan fingerprint density at radius 1 is 1.32 bits per heavy atom. The van der Waals surface area contributed by atoms with E-state index in [1.165, 1.54) is 6.08 Å². The van der Waals surface area contributed by atoms with Crippen LogP contribution in [-0.2, 0) is 4.43 Å². The van der Waals surface area contributed by atoms with Crippen molar-refractivity contribution < 1.29 is 18.3 Å². The Balaban J connectivity index is 4.56. The minimum Gasteiger partial charge on any atom is -0.406 e. The molecule has 0 saturated carbocycles. The third-order valence-corrected chi connectivity index (χ3v) is 7.79. The summed E-state index contributed by atoms with van der Waals surface area (Å²) in [5.74, 6) is 0.651. The lowest BCUT2D eigenvalue weighted by atomic mass is 10.2. The van der Waals surface area contributed by atoms with Gasteiger partial charge in [0.05, 0.1) is 6.61 Å². The van der Waals surface area contributed by atoms with E-state index in [1.54, 1.807) is 12.8 Å². The number of aliphatic hydroxyl groups excluding tert-OH is 1. The number of rotatable bonds is 4. The van der Waals surface area contributed by atoms with Crippen LogP contribution in [0.15, 0.2) is 12.2 Å². The van der Waals surface area contributed by atoms with Crippen LogP contribution in [0, 0.1) is 11.8 Å². The zero-order valence-corrected chi connectivity index (χ0v) is 13.6. The zero-order valence-electron chi connectivity index (χ0n) is 12.6. The highest BCUT2D eigenvalue weighted by Gasteiger charge is 2.37. The predicted molar refractivity (Wildman–Crippen MR) is 76.7 cm³/mol. The largest absolute Gasteiger partial charge is 0.406 e. The standard InChI is InChI=1S/C14H24F2O2Si/c1-7-9-12(17)14(15,16)10-8-11-18-19(5,6)13(2,3)4/h7,9,12,17H,11H2,1-6H3/b9-7+. The summed E-state index contributed by atoms with van der Waals surface area (Å²) in [6.07, 6.45) is 0.508. The van der Waals surface area contributed by atoms with Crippen LogP contribution in [-0.4, -0.2) is 32.1 Å². The fourth-order valence-corrected chi connectivity index (χ4v) is 1.83. The number of hydrogen-bond donors (Lipinski definition) is 1. The molecule has 0 spiro atoms. The van der Waals surface area contributed by atoms with E-state index in [-0.39, 0.29) is 11.6 Å². The summed E-state index contributed by atoms with van der Waals surface area (Å²) >= 11 is 0. The van der Waals surface area contributed by atoms with Crippen molar-refractivity contribution in [2.75, 3.05) is 6.61 Å². The molecule has 0 amide bonds. The smallest absolute Gasteiger partial charge is 0.336 e. The van der Waals surface area contributed by atoms with Crippen LogP contribution < -0.4 is 0 Å². The van der Waals surface area contributed by atoms with E-state index in [1.807, 2.05) is 13.1 Å². The fourth-order valence-electron chi connectivity index (χ4n) is 0.964. The highest BCUT2D eigenvalue weighted by Crippen LogP contribution is 2.36. The lowest BCUT2D eigenvalue weighted by molar-refractivity contribution is -0.0368. The molecule has 1 N–H and O–H groups in total. The van der Waals surface area contributed by atoms with Crippen molar-refractivity contribution in [2.45, 2.75) is 57.9 Å². The van der Waals surface area contributed by atoms with E-state index in [0.717, 1.165) is 6.08 Å². The van der Waals surface area contributed by atoms with E-state index >= 15 is 0 Å². The molecule has 19 heavy (non-hydrogen) atoms. The van der Waals surface area contributed by atoms with Crippen LogP contribution in [0.2, 0.25) is 18.1 Å². The monoisotopic (exact) mass is 290 g/mol. The van der Waals surface area contributed by atoms with Gasteiger partial charge >= 0.3 is 5.92 Å². The molecule has 0 saturated heterocycles. The highest BCUT2D eigenvalue weighted by atomic mass is 28.4. The van der Waals surface area contributed by atoms with Gasteiger partial charge in [0.15, 0.2) is 8.32 Å². The summed E-state index contributed by atoms with van der Waals surface area (Å²) in [4.78, 5) is 0. The van der Waals surface area contributed by atoms with Gasteiger partial charge in [-0.3, -0.25) is 0 Å². The summed E-state index contributed by atoms with van der Waals surface area (Å²) in [6, 6.07) is 0. The van der Waals surface area contributed by atoms with Crippen molar-refractivity contribution in [3.05, 3.63) is 12.2 Å². The van der Waals surface area contributed by atoms with Gasteiger partial charge in [0, 0.05) is 0 Å². The first-order valence-corrected chi connectivity index (χ1v) is 9.17. The van der Waals surface area contributed by atoms with Crippen LogP contribution in [0.3, 0.4) is 0 Å². The number of aliphatic hydroxyl groups is 1. The van der Waals surface area contributed by atoms with Gasteiger partial charge in [-0.15, -0.1) is 0 Å². The molecule has 0 aromatic heterocycles. The molecular weight excluding hydrogens is 266 g/mol. The Bertz CT molecular complexity index is 373. The lowest BCUT2D eigenvalue weighted by Gasteiger charge is -2.35. The summed E-state index contributed by atoms with van der Waals surface area (Å²) < 4.78 is 32.3. The highest BCUT2D eigenvalue weighted by molar-refractivity contribution is 6.74. The zero-order chi connectivity index (χ0) is 15.3. The van der Waals surface area contributed by atoms with Crippen molar-refractivity contribution in [1.29, 1.82) is 0 Å². The average Bonchev–Trinajstić information content (AvgIpc) is 2.23. The molecule has 0 aromatic carbocycles. The van der Waals surface area contributed by atoms with Gasteiger partial charge in [0.1, 0.15) is 6.10 Å². The SMILES string of the molecule is C/C=C/C(O)C(F)(F)C#CCO[Si](C)(C)C(C)(C)C. The molecule has 0 rings (SSSR count). The summed E-state index contributed by atoms with van der Waals surface area (Å²) in [5, 5.41) is 9.21. The molecule has 0 heterocycles. The second kappa shape index (κ2) is 6.64. The summed E-state index contributed by atoms with van der Waals surface area (Å²) in [6.45, 7) is 11.8. The average molecular weight is 290 g/mol. The van der Waals surface area contributed by atoms with Crippen molar-refractivity contribution in [3.63, 3.8) is 0 Å². The Hall–Kier alpha value is -0.703. The quantitative estimate of drug-likeness (QED) is 0.487. The molecule has 2 nitrogen and oxygen atoms in total. The van der Waals surface area contributed by atoms with Gasteiger partial charge in [-0.1, -0.05) is 38.8 Å². The van der Waals surface area contributed by atoms with E-state index in [9.17, 15) is 13.9 Å². The fraction of sp³-hybridized carbons (Fsp3) is 0.714. The van der Waals surface area contributed by atoms with E-state index in [4.69, 9.17) is 4.43 Å². The molecule has 0 fully saturated rings. The third-order valence-electron chi connectivity index (χ3n) is 3.31. The van der Waals surface area contributed by atoms with Crippen molar-refractivity contribution >= 4 is 8.32 Å². The second-order valence-electron chi connectivity index (χ2n) is 5.94. The van der Waals surface area contributed by atoms with Gasteiger partial charge in [-0.05, 0) is 31.0 Å². The maximum atomic E-state index is 13.3. The summed E-state index contributed by atoms with van der Waals surface area (Å²) in [7, 11) is -1.97. The van der Waals surface area contributed by atoms with Crippen LogP contribution in [0.4, 0.5) is 8.78 Å². The van der Waals surface area contributed by atoms with Crippen LogP contribution in [0.1, 0.15) is 27.7 Å². The molecule has 0 aliphatic rings. The van der Waals surface area contributed by atoms with Crippen molar-refractivity contribution in [1.82, 2.24) is 0 Å². The molecule has 0 aromatic rings. The number of allylic oxidation sites excluding steroid dienone is 1. The minimum atomic E-state index is -3.44. The first kappa shape index (κ1) is 18.3. The van der Waals surface area contributed by atoms with Gasteiger partial charge in [-0.2, -0.15) is 8.78 Å². The van der Waals surface area contributed by atoms with Crippen molar-refractivity contribution in [2.24, 2.45) is 0 Å². The number of halogens is 2. The van der Waals surface area contributed by atoms with Gasteiger partial charge in [-0.25, -0.2) is 0 Å². The maximum Gasteiger partial charge on any atom is 0.336 e. The first-order valence-electron chi connectivity index (χ1n) is 6.27. The topological polar surface area (TPSA) is 29.5 Å². The molecule has 1 unspecified atom stereocenters. The molecular formula is C14H24F2O2Si. The second-order valence-corrected chi connectivity index (χ2v) is 10.8. The Morgan fingerprint density at radius 2 is 1.84 bits per heavy atom. The molecule has 5 heteroatoms. The minimum absolute atomic E-state index is 0.0155. The maximum absolute atomic E-state index is 13.3. The Morgan fingerprint density at radius 3 is 2.26 bits per heavy atom. The molecule has 1 atom stereocenters. The Kier molecular flexibility index (Phi) is 6.40. The molecule has 0 aliphatic carbocycles. The first-order chi connectivity index (χ1) is 8.44. The molecule has 0 radical (unpaired) electrons. The lowest BCUT2D eigenvalue weighted by Crippen LogP contribution is -2.40.